The first-order chi connectivity index (χ1) is 17.5. The molecule has 2 unspecified atom stereocenters. The standard InChI is InChI=1S/C27H27FN6O2/c1-29-27(36)25(20-6-2-3-7-22(20)28)34-14-4-5-19(16-34)31-26(35)18-8-9-23-21(15-18)24(33-32-23)17-10-12-30-13-11-17/h2-3,6-13,15,19,25H,4-5,14,16H2,1H3,(H,29,36)(H,31,35)(H,32,33). The van der Waals surface area contributed by atoms with E-state index in [1.165, 1.54) is 6.07 Å². The van der Waals surface area contributed by atoms with E-state index in [2.05, 4.69) is 25.8 Å². The molecule has 9 heteroatoms. The Morgan fingerprint density at radius 3 is 2.72 bits per heavy atom. The van der Waals surface area contributed by atoms with E-state index in [-0.39, 0.29) is 17.9 Å². The van der Waals surface area contributed by atoms with Gasteiger partial charge in [0.1, 0.15) is 17.6 Å². The molecular formula is C27H27FN6O2. The Kier molecular flexibility index (Phi) is 6.73. The molecule has 1 fully saturated rings. The molecule has 184 valence electrons. The fraction of sp³-hybridized carbons (Fsp3) is 0.259. The zero-order valence-electron chi connectivity index (χ0n) is 19.9. The molecule has 5 rings (SSSR count). The fourth-order valence-electron chi connectivity index (χ4n) is 4.85. The summed E-state index contributed by atoms with van der Waals surface area (Å²) in [5, 5.41) is 14.0. The minimum atomic E-state index is -0.763. The van der Waals surface area contributed by atoms with Crippen LogP contribution in [0.3, 0.4) is 0 Å². The van der Waals surface area contributed by atoms with Crippen LogP contribution in [0.25, 0.3) is 22.2 Å². The lowest BCUT2D eigenvalue weighted by molar-refractivity contribution is -0.126. The molecule has 0 saturated carbocycles. The number of nitrogens with one attached hydrogen (secondary N) is 3. The number of carbonyl (C=O) groups is 2. The molecule has 4 aromatic rings. The first kappa shape index (κ1) is 23.6. The third-order valence-electron chi connectivity index (χ3n) is 6.63. The van der Waals surface area contributed by atoms with Crippen molar-refractivity contribution < 1.29 is 14.0 Å². The number of aromatic amines is 1. The molecule has 1 aliphatic heterocycles. The molecule has 2 atom stereocenters. The van der Waals surface area contributed by atoms with Crippen molar-refractivity contribution in [1.29, 1.82) is 0 Å². The van der Waals surface area contributed by atoms with Crippen molar-refractivity contribution in [3.8, 4) is 11.3 Å². The smallest absolute Gasteiger partial charge is 0.251 e. The van der Waals surface area contributed by atoms with Crippen LogP contribution in [0.4, 0.5) is 4.39 Å². The van der Waals surface area contributed by atoms with E-state index in [0.29, 0.717) is 24.2 Å². The molecule has 1 saturated heterocycles. The first-order valence-corrected chi connectivity index (χ1v) is 11.9. The molecule has 0 bridgehead atoms. The Balaban J connectivity index is 1.35. The highest BCUT2D eigenvalue weighted by Gasteiger charge is 2.33. The number of piperidine rings is 1. The highest BCUT2D eigenvalue weighted by Crippen LogP contribution is 2.28. The summed E-state index contributed by atoms with van der Waals surface area (Å²) in [5.41, 5.74) is 3.35. The Labute approximate surface area is 207 Å². The zero-order valence-corrected chi connectivity index (χ0v) is 19.9. The summed E-state index contributed by atoms with van der Waals surface area (Å²) in [6.45, 7) is 1.07. The fourth-order valence-corrected chi connectivity index (χ4v) is 4.85. The van der Waals surface area contributed by atoms with E-state index in [0.717, 1.165) is 35.0 Å². The van der Waals surface area contributed by atoms with Gasteiger partial charge in [0.05, 0.1) is 5.52 Å². The van der Waals surface area contributed by atoms with E-state index < -0.39 is 11.9 Å². The number of benzene rings is 2. The number of H-pyrrole nitrogens is 1. The molecule has 1 aliphatic rings. The lowest BCUT2D eigenvalue weighted by Crippen LogP contribution is -2.51. The summed E-state index contributed by atoms with van der Waals surface area (Å²) in [6.07, 6.45) is 4.96. The Morgan fingerprint density at radius 1 is 1.14 bits per heavy atom. The number of likely N-dealkylation sites (N-methyl/N-ethyl adjacent to an activating group) is 1. The number of likely N-dealkylation sites (tertiary alicyclic amines) is 1. The van der Waals surface area contributed by atoms with Gasteiger partial charge in [-0.05, 0) is 55.8 Å². The van der Waals surface area contributed by atoms with Crippen LogP contribution in [0.15, 0.2) is 67.0 Å². The molecule has 2 aromatic heterocycles. The van der Waals surface area contributed by atoms with Gasteiger partial charge in [-0.15, -0.1) is 0 Å². The minimum absolute atomic E-state index is 0.176. The molecule has 0 spiro atoms. The molecule has 3 N–H and O–H groups in total. The van der Waals surface area contributed by atoms with Gasteiger partial charge in [-0.3, -0.25) is 24.6 Å². The Morgan fingerprint density at radius 2 is 1.94 bits per heavy atom. The Hall–Kier alpha value is -4.11. The summed E-state index contributed by atoms with van der Waals surface area (Å²) < 4.78 is 14.6. The van der Waals surface area contributed by atoms with Crippen molar-refractivity contribution in [2.75, 3.05) is 20.1 Å². The van der Waals surface area contributed by atoms with Crippen molar-refractivity contribution in [2.45, 2.75) is 24.9 Å². The van der Waals surface area contributed by atoms with Crippen molar-refractivity contribution >= 4 is 22.7 Å². The molecule has 3 heterocycles. The number of carbonyl (C=O) groups excluding carboxylic acids is 2. The number of nitrogens with zero attached hydrogens (tertiary/aromatic N) is 3. The Bertz CT molecular complexity index is 1390. The van der Waals surface area contributed by atoms with Crippen LogP contribution in [-0.4, -0.2) is 58.1 Å². The molecule has 36 heavy (non-hydrogen) atoms. The van der Waals surface area contributed by atoms with Gasteiger partial charge in [-0.2, -0.15) is 5.10 Å². The molecule has 0 aliphatic carbocycles. The van der Waals surface area contributed by atoms with Crippen molar-refractivity contribution in [3.63, 3.8) is 0 Å². The average molecular weight is 487 g/mol. The molecule has 0 radical (unpaired) electrons. The van der Waals surface area contributed by atoms with Crippen LogP contribution >= 0.6 is 0 Å². The van der Waals surface area contributed by atoms with Crippen molar-refractivity contribution in [2.24, 2.45) is 0 Å². The van der Waals surface area contributed by atoms with E-state index in [1.54, 1.807) is 43.7 Å². The molecule has 2 aromatic carbocycles. The van der Waals surface area contributed by atoms with Crippen LogP contribution in [-0.2, 0) is 4.79 Å². The van der Waals surface area contributed by atoms with Gasteiger partial charge in [0.25, 0.3) is 5.91 Å². The van der Waals surface area contributed by atoms with Gasteiger partial charge < -0.3 is 10.6 Å². The third-order valence-corrected chi connectivity index (χ3v) is 6.63. The van der Waals surface area contributed by atoms with Gasteiger partial charge in [0, 0.05) is 54.1 Å². The maximum absolute atomic E-state index is 14.6. The van der Waals surface area contributed by atoms with E-state index in [4.69, 9.17) is 0 Å². The number of pyridine rings is 1. The maximum Gasteiger partial charge on any atom is 0.251 e. The highest BCUT2D eigenvalue weighted by molar-refractivity contribution is 6.01. The number of amides is 2. The largest absolute Gasteiger partial charge is 0.358 e. The summed E-state index contributed by atoms with van der Waals surface area (Å²) in [5.74, 6) is -0.898. The van der Waals surface area contributed by atoms with Crippen LogP contribution in [0, 0.1) is 5.82 Å². The monoisotopic (exact) mass is 486 g/mol. The van der Waals surface area contributed by atoms with Crippen LogP contribution in [0.1, 0.15) is 34.8 Å². The average Bonchev–Trinajstić information content (AvgIpc) is 3.34. The summed E-state index contributed by atoms with van der Waals surface area (Å²) in [7, 11) is 1.55. The van der Waals surface area contributed by atoms with Crippen molar-refractivity contribution in [1.82, 2.24) is 30.7 Å². The van der Waals surface area contributed by atoms with E-state index in [1.807, 2.05) is 29.2 Å². The first-order valence-electron chi connectivity index (χ1n) is 11.9. The van der Waals surface area contributed by atoms with Gasteiger partial charge in [-0.25, -0.2) is 4.39 Å². The van der Waals surface area contributed by atoms with Gasteiger partial charge >= 0.3 is 0 Å². The molecule has 8 nitrogen and oxygen atoms in total. The van der Waals surface area contributed by atoms with Gasteiger partial charge in [0.15, 0.2) is 0 Å². The van der Waals surface area contributed by atoms with Gasteiger partial charge in [-0.1, -0.05) is 18.2 Å². The lowest BCUT2D eigenvalue weighted by atomic mass is 9.98. The number of rotatable bonds is 6. The second kappa shape index (κ2) is 10.2. The predicted molar refractivity (Wildman–Crippen MR) is 135 cm³/mol. The van der Waals surface area contributed by atoms with Crippen molar-refractivity contribution in [3.05, 3.63) is 83.9 Å². The molecular weight excluding hydrogens is 459 g/mol. The summed E-state index contributed by atoms with van der Waals surface area (Å²) >= 11 is 0. The second-order valence-electron chi connectivity index (χ2n) is 8.91. The minimum Gasteiger partial charge on any atom is -0.358 e. The summed E-state index contributed by atoms with van der Waals surface area (Å²) in [4.78, 5) is 31.9. The van der Waals surface area contributed by atoms with E-state index in [9.17, 15) is 14.0 Å². The number of aromatic nitrogens is 3. The van der Waals surface area contributed by atoms with Crippen LogP contribution < -0.4 is 10.6 Å². The van der Waals surface area contributed by atoms with E-state index >= 15 is 0 Å². The number of halogens is 1. The highest BCUT2D eigenvalue weighted by atomic mass is 19.1. The van der Waals surface area contributed by atoms with Gasteiger partial charge in [0.2, 0.25) is 5.91 Å². The second-order valence-corrected chi connectivity index (χ2v) is 8.91. The molecule has 2 amide bonds. The quantitative estimate of drug-likeness (QED) is 0.387. The van der Waals surface area contributed by atoms with Crippen LogP contribution in [0.2, 0.25) is 0 Å². The lowest BCUT2D eigenvalue weighted by Gasteiger charge is -2.37. The third kappa shape index (κ3) is 4.70. The maximum atomic E-state index is 14.6. The van der Waals surface area contributed by atoms with Crippen LogP contribution in [0.5, 0.6) is 0 Å². The normalized spacial score (nSPS) is 17.0. The predicted octanol–water partition coefficient (Wildman–Crippen LogP) is 3.45. The zero-order chi connectivity index (χ0) is 25.1. The topological polar surface area (TPSA) is 103 Å². The summed E-state index contributed by atoms with van der Waals surface area (Å²) in [6, 6.07) is 14.6. The SMILES string of the molecule is CNC(=O)C(c1ccccc1F)N1CCCC(NC(=O)c2ccc3[nH]nc(-c4ccncc4)c3c2)C1. The number of hydrogen-bond acceptors (Lipinski definition) is 5. The number of fused-ring (bicyclic) bond motifs is 1. The number of hydrogen-bond donors (Lipinski definition) is 3.